The van der Waals surface area contributed by atoms with E-state index in [1.165, 1.54) is 0 Å². The highest BCUT2D eigenvalue weighted by molar-refractivity contribution is 7.89. The van der Waals surface area contributed by atoms with E-state index in [-0.39, 0.29) is 12.1 Å². The van der Waals surface area contributed by atoms with Gasteiger partial charge in [-0.15, -0.1) is 0 Å². The maximum Gasteiger partial charge on any atom is 0.335 e. The Labute approximate surface area is 110 Å². The summed E-state index contributed by atoms with van der Waals surface area (Å²) in [6.45, 7) is 0.263. The molecule has 0 bridgehead atoms. The Bertz CT molecular complexity index is 596. The number of nitrogens with one attached hydrogen (secondary N) is 1. The predicted octanol–water partition coefficient (Wildman–Crippen LogP) is 1.60. The van der Waals surface area contributed by atoms with Crippen LogP contribution < -0.4 is 4.72 Å². The fourth-order valence-electron chi connectivity index (χ4n) is 1.84. The van der Waals surface area contributed by atoms with Crippen molar-refractivity contribution in [3.8, 4) is 0 Å². The first kappa shape index (κ1) is 14.0. The normalized spacial score (nSPS) is 16.1. The fraction of sp³-hybridized carbons (Fsp3) is 0.417. The van der Waals surface area contributed by atoms with Crippen LogP contribution in [-0.4, -0.2) is 26.0 Å². The number of carboxylic acid groups (broad SMARTS) is 1. The van der Waals surface area contributed by atoms with Gasteiger partial charge < -0.3 is 5.11 Å². The number of halogens is 1. The van der Waals surface area contributed by atoms with Crippen molar-refractivity contribution < 1.29 is 22.7 Å². The first-order chi connectivity index (χ1) is 8.90. The smallest absolute Gasteiger partial charge is 0.335 e. The van der Waals surface area contributed by atoms with Gasteiger partial charge in [0.15, 0.2) is 0 Å². The minimum absolute atomic E-state index is 0.259. The van der Waals surface area contributed by atoms with Crippen LogP contribution in [-0.2, 0) is 10.0 Å². The summed E-state index contributed by atoms with van der Waals surface area (Å²) in [4.78, 5) is 10.2. The highest BCUT2D eigenvalue weighted by atomic mass is 32.2. The second kappa shape index (κ2) is 5.26. The van der Waals surface area contributed by atoms with E-state index < -0.39 is 26.7 Å². The summed E-state index contributed by atoms with van der Waals surface area (Å²) in [7, 11) is -4.01. The number of carboxylic acids is 1. The summed E-state index contributed by atoms with van der Waals surface area (Å²) in [5.41, 5.74) is -0.259. The summed E-state index contributed by atoms with van der Waals surface area (Å²) < 4.78 is 39.7. The van der Waals surface area contributed by atoms with E-state index in [4.69, 9.17) is 5.11 Å². The van der Waals surface area contributed by atoms with Crippen LogP contribution in [0.5, 0.6) is 0 Å². The molecule has 5 nitrogen and oxygen atoms in total. The fourth-order valence-corrected chi connectivity index (χ4v) is 3.06. The monoisotopic (exact) mass is 287 g/mol. The molecule has 0 atom stereocenters. The Kier molecular flexibility index (Phi) is 3.86. The quantitative estimate of drug-likeness (QED) is 0.861. The van der Waals surface area contributed by atoms with Gasteiger partial charge in [0.25, 0.3) is 0 Å². The van der Waals surface area contributed by atoms with Crippen LogP contribution in [0, 0.1) is 11.7 Å². The number of hydrogen-bond donors (Lipinski definition) is 2. The lowest BCUT2D eigenvalue weighted by Crippen LogP contribution is -2.32. The van der Waals surface area contributed by atoms with E-state index in [0.29, 0.717) is 5.92 Å². The molecule has 0 spiro atoms. The molecule has 1 fully saturated rings. The van der Waals surface area contributed by atoms with Gasteiger partial charge in [-0.2, -0.15) is 0 Å². The minimum Gasteiger partial charge on any atom is -0.478 e. The van der Waals surface area contributed by atoms with Crippen molar-refractivity contribution in [1.29, 1.82) is 0 Å². The molecule has 1 aliphatic carbocycles. The second-order valence-electron chi connectivity index (χ2n) is 4.60. The molecule has 0 saturated heterocycles. The van der Waals surface area contributed by atoms with Crippen LogP contribution in [0.2, 0.25) is 0 Å². The van der Waals surface area contributed by atoms with Gasteiger partial charge in [-0.05, 0) is 37.0 Å². The molecule has 1 aromatic carbocycles. The van der Waals surface area contributed by atoms with Gasteiger partial charge in [-0.25, -0.2) is 22.3 Å². The Hall–Kier alpha value is -1.47. The SMILES string of the molecule is O=C(O)c1ccc(F)c(S(=O)(=O)NCC2CCC2)c1. The second-order valence-corrected chi connectivity index (χ2v) is 6.33. The molecule has 1 aromatic rings. The molecule has 2 N–H and O–H groups in total. The molecule has 2 rings (SSSR count). The number of aromatic carboxylic acids is 1. The lowest BCUT2D eigenvalue weighted by atomic mass is 9.86. The molecule has 0 amide bonds. The van der Waals surface area contributed by atoms with Crippen LogP contribution >= 0.6 is 0 Å². The number of sulfonamides is 1. The lowest BCUT2D eigenvalue weighted by molar-refractivity contribution is 0.0696. The summed E-state index contributed by atoms with van der Waals surface area (Å²) in [6, 6.07) is 2.71. The molecule has 0 aliphatic heterocycles. The molecule has 0 unspecified atom stereocenters. The zero-order valence-electron chi connectivity index (χ0n) is 10.1. The van der Waals surface area contributed by atoms with E-state index in [0.717, 1.165) is 37.5 Å². The van der Waals surface area contributed by atoms with E-state index >= 15 is 0 Å². The molecule has 19 heavy (non-hydrogen) atoms. The standard InChI is InChI=1S/C12H14FNO4S/c13-10-5-4-9(12(15)16)6-11(10)19(17,18)14-7-8-2-1-3-8/h4-6,8,14H,1-3,7H2,(H,15,16). The minimum atomic E-state index is -4.01. The number of carbonyl (C=O) groups is 1. The van der Waals surface area contributed by atoms with E-state index in [2.05, 4.69) is 4.72 Å². The highest BCUT2D eigenvalue weighted by Crippen LogP contribution is 2.26. The van der Waals surface area contributed by atoms with Crippen LogP contribution in [0.4, 0.5) is 4.39 Å². The number of hydrogen-bond acceptors (Lipinski definition) is 3. The first-order valence-corrected chi connectivity index (χ1v) is 7.41. The van der Waals surface area contributed by atoms with Crippen molar-refractivity contribution in [2.75, 3.05) is 6.54 Å². The van der Waals surface area contributed by atoms with E-state index in [9.17, 15) is 17.6 Å². The molecular weight excluding hydrogens is 273 g/mol. The molecule has 0 radical (unpaired) electrons. The van der Waals surface area contributed by atoms with Gasteiger partial charge in [-0.1, -0.05) is 6.42 Å². The average Bonchev–Trinajstić information content (AvgIpc) is 2.26. The molecule has 7 heteroatoms. The summed E-state index contributed by atoms with van der Waals surface area (Å²) in [5, 5.41) is 8.79. The van der Waals surface area contributed by atoms with E-state index in [1.807, 2.05) is 0 Å². The topological polar surface area (TPSA) is 83.5 Å². The Morgan fingerprint density at radius 1 is 1.42 bits per heavy atom. The highest BCUT2D eigenvalue weighted by Gasteiger charge is 2.24. The van der Waals surface area contributed by atoms with Gasteiger partial charge in [0.2, 0.25) is 10.0 Å². The molecule has 0 heterocycles. The van der Waals surface area contributed by atoms with Gasteiger partial charge in [-0.3, -0.25) is 0 Å². The van der Waals surface area contributed by atoms with Crippen LogP contribution in [0.15, 0.2) is 23.1 Å². The lowest BCUT2D eigenvalue weighted by Gasteiger charge is -2.25. The third-order valence-corrected chi connectivity index (χ3v) is 4.69. The van der Waals surface area contributed by atoms with Crippen molar-refractivity contribution in [2.24, 2.45) is 5.92 Å². The number of rotatable bonds is 5. The van der Waals surface area contributed by atoms with Crippen molar-refractivity contribution in [3.05, 3.63) is 29.6 Å². The molecular formula is C12H14FNO4S. The molecule has 1 saturated carbocycles. The Balaban J connectivity index is 2.22. The molecule has 1 aliphatic rings. The zero-order valence-corrected chi connectivity index (χ0v) is 10.9. The third-order valence-electron chi connectivity index (χ3n) is 3.25. The van der Waals surface area contributed by atoms with E-state index in [1.54, 1.807) is 0 Å². The van der Waals surface area contributed by atoms with Crippen LogP contribution in [0.1, 0.15) is 29.6 Å². The maximum atomic E-state index is 13.5. The van der Waals surface area contributed by atoms with Gasteiger partial charge >= 0.3 is 5.97 Å². The summed E-state index contributed by atoms with van der Waals surface area (Å²) >= 11 is 0. The van der Waals surface area contributed by atoms with Crippen molar-refractivity contribution >= 4 is 16.0 Å². The predicted molar refractivity (Wildman–Crippen MR) is 65.9 cm³/mol. The Morgan fingerprint density at radius 3 is 2.63 bits per heavy atom. The van der Waals surface area contributed by atoms with Crippen LogP contribution in [0.3, 0.4) is 0 Å². The first-order valence-electron chi connectivity index (χ1n) is 5.92. The molecule has 104 valence electrons. The molecule has 0 aromatic heterocycles. The zero-order chi connectivity index (χ0) is 14.0. The largest absolute Gasteiger partial charge is 0.478 e. The average molecular weight is 287 g/mol. The number of benzene rings is 1. The third kappa shape index (κ3) is 3.10. The van der Waals surface area contributed by atoms with Crippen molar-refractivity contribution in [2.45, 2.75) is 24.2 Å². The van der Waals surface area contributed by atoms with Gasteiger partial charge in [0.05, 0.1) is 5.56 Å². The van der Waals surface area contributed by atoms with Crippen molar-refractivity contribution in [3.63, 3.8) is 0 Å². The van der Waals surface area contributed by atoms with Crippen molar-refractivity contribution in [1.82, 2.24) is 4.72 Å². The van der Waals surface area contributed by atoms with Gasteiger partial charge in [0, 0.05) is 6.54 Å². The van der Waals surface area contributed by atoms with Gasteiger partial charge in [0.1, 0.15) is 10.7 Å². The van der Waals surface area contributed by atoms with Crippen LogP contribution in [0.25, 0.3) is 0 Å². The summed E-state index contributed by atoms with van der Waals surface area (Å²) in [6.07, 6.45) is 3.00. The summed E-state index contributed by atoms with van der Waals surface area (Å²) in [5.74, 6) is -1.96. The Morgan fingerprint density at radius 2 is 2.11 bits per heavy atom. The maximum absolute atomic E-state index is 13.5.